The molecule has 2 N–H and O–H groups in total. The van der Waals surface area contributed by atoms with E-state index in [4.69, 9.17) is 0 Å². The predicted octanol–water partition coefficient (Wildman–Crippen LogP) is 3.18. The van der Waals surface area contributed by atoms with E-state index in [0.717, 1.165) is 0 Å². The first-order valence-corrected chi connectivity index (χ1v) is 7.30. The summed E-state index contributed by atoms with van der Waals surface area (Å²) in [6.45, 7) is 2.35. The number of hydrogen-bond donors (Lipinski definition) is 2. The molecular formula is C18H16N2O3. The quantitative estimate of drug-likeness (QED) is 0.730. The van der Waals surface area contributed by atoms with E-state index in [1.807, 2.05) is 13.0 Å². The van der Waals surface area contributed by atoms with E-state index in [1.165, 1.54) is 12.3 Å². The van der Waals surface area contributed by atoms with E-state index in [-0.39, 0.29) is 22.6 Å². The summed E-state index contributed by atoms with van der Waals surface area (Å²) in [7, 11) is 0. The van der Waals surface area contributed by atoms with Crippen LogP contribution in [0.5, 0.6) is 11.5 Å². The molecule has 0 saturated heterocycles. The summed E-state index contributed by atoms with van der Waals surface area (Å²) in [4.78, 5) is 16.7. The first-order valence-electron chi connectivity index (χ1n) is 7.30. The highest BCUT2D eigenvalue weighted by Crippen LogP contribution is 2.27. The fourth-order valence-corrected chi connectivity index (χ4v) is 2.55. The van der Waals surface area contributed by atoms with Crippen LogP contribution in [0, 0.1) is 0 Å². The Balaban J connectivity index is 2.22. The number of fused-ring (bicyclic) bond motifs is 1. The Morgan fingerprint density at radius 2 is 1.78 bits per heavy atom. The minimum absolute atomic E-state index is 0.0137. The average Bonchev–Trinajstić information content (AvgIpc) is 2.57. The number of benzene rings is 2. The summed E-state index contributed by atoms with van der Waals surface area (Å²) in [6, 6.07) is 13.7. The smallest absolute Gasteiger partial charge is 0.263 e. The molecule has 23 heavy (non-hydrogen) atoms. The lowest BCUT2D eigenvalue weighted by atomic mass is 10.1. The third kappa shape index (κ3) is 2.57. The zero-order chi connectivity index (χ0) is 16.4. The number of aromatic hydroxyl groups is 2. The fourth-order valence-electron chi connectivity index (χ4n) is 2.55. The van der Waals surface area contributed by atoms with E-state index in [0.29, 0.717) is 23.1 Å². The Kier molecular flexibility index (Phi) is 3.85. The molecule has 0 amide bonds. The maximum Gasteiger partial charge on any atom is 0.263 e. The van der Waals surface area contributed by atoms with Crippen LogP contribution in [0.3, 0.4) is 0 Å². The first-order chi connectivity index (χ1) is 11.1. The Labute approximate surface area is 132 Å². The zero-order valence-electron chi connectivity index (χ0n) is 12.6. The Bertz CT molecular complexity index is 958. The van der Waals surface area contributed by atoms with Crippen LogP contribution >= 0.6 is 0 Å². The van der Waals surface area contributed by atoms with Crippen molar-refractivity contribution in [2.45, 2.75) is 13.5 Å². The molecule has 0 unspecified atom stereocenters. The molecule has 0 fully saturated rings. The van der Waals surface area contributed by atoms with Gasteiger partial charge in [-0.15, -0.1) is 0 Å². The molecule has 5 nitrogen and oxygen atoms in total. The summed E-state index contributed by atoms with van der Waals surface area (Å²) in [5, 5.41) is 20.8. The van der Waals surface area contributed by atoms with Gasteiger partial charge in [0.15, 0.2) is 0 Å². The van der Waals surface area contributed by atoms with E-state index < -0.39 is 0 Å². The Hall–Kier alpha value is -3.08. The molecule has 3 rings (SSSR count). The second-order valence-electron chi connectivity index (χ2n) is 5.08. The molecular weight excluding hydrogens is 292 g/mol. The highest BCUT2D eigenvalue weighted by atomic mass is 16.3. The van der Waals surface area contributed by atoms with Crippen LogP contribution in [0.25, 0.3) is 10.9 Å². The summed E-state index contributed by atoms with van der Waals surface area (Å²) in [6.07, 6.45) is 1.30. The molecule has 3 aromatic rings. The second kappa shape index (κ2) is 5.96. The molecule has 2 aromatic carbocycles. The van der Waals surface area contributed by atoms with Crippen molar-refractivity contribution in [2.75, 3.05) is 0 Å². The fraction of sp³-hybridized carbons (Fsp3) is 0.111. The number of aryl methyl sites for hydroxylation is 1. The number of aromatic nitrogens is 1. The maximum atomic E-state index is 12.6. The number of pyridine rings is 1. The molecule has 0 atom stereocenters. The van der Waals surface area contributed by atoms with Gasteiger partial charge >= 0.3 is 0 Å². The third-order valence-electron chi connectivity index (χ3n) is 3.71. The zero-order valence-corrected chi connectivity index (χ0v) is 12.6. The number of rotatable bonds is 3. The van der Waals surface area contributed by atoms with Crippen LogP contribution < -0.4 is 5.56 Å². The van der Waals surface area contributed by atoms with E-state index in [1.54, 1.807) is 41.0 Å². The van der Waals surface area contributed by atoms with Crippen LogP contribution in [-0.4, -0.2) is 21.0 Å². The first kappa shape index (κ1) is 14.8. The highest BCUT2D eigenvalue weighted by Gasteiger charge is 2.13. The highest BCUT2D eigenvalue weighted by molar-refractivity contribution is 5.95. The van der Waals surface area contributed by atoms with Crippen molar-refractivity contribution in [1.29, 1.82) is 0 Å². The standard InChI is InChI=1S/C18H16N2O3/c1-2-20-15-9-5-3-7-12(15)17(22)13(18(20)23)11-19-14-8-4-6-10-16(14)21/h3-11,21-22H,2H2,1H3. The lowest BCUT2D eigenvalue weighted by molar-refractivity contribution is 0.476. The number of phenols is 1. The Morgan fingerprint density at radius 3 is 2.52 bits per heavy atom. The van der Waals surface area contributed by atoms with Crippen molar-refractivity contribution in [2.24, 2.45) is 4.99 Å². The van der Waals surface area contributed by atoms with Crippen molar-refractivity contribution in [1.82, 2.24) is 4.57 Å². The van der Waals surface area contributed by atoms with Crippen LogP contribution in [0.15, 0.2) is 58.3 Å². The molecule has 0 bridgehead atoms. The van der Waals surface area contributed by atoms with Gasteiger partial charge in [-0.25, -0.2) is 0 Å². The van der Waals surface area contributed by atoms with Gasteiger partial charge < -0.3 is 14.8 Å². The number of phenolic OH excluding ortho intramolecular Hbond substituents is 1. The van der Waals surface area contributed by atoms with Gasteiger partial charge in [-0.1, -0.05) is 24.3 Å². The molecule has 0 radical (unpaired) electrons. The van der Waals surface area contributed by atoms with Crippen molar-refractivity contribution < 1.29 is 10.2 Å². The minimum Gasteiger partial charge on any atom is -0.506 e. The molecule has 116 valence electrons. The van der Waals surface area contributed by atoms with Crippen LogP contribution in [0.1, 0.15) is 12.5 Å². The SMILES string of the molecule is CCn1c(=O)c(C=Nc2ccccc2O)c(O)c2ccccc21. The Morgan fingerprint density at radius 1 is 1.09 bits per heavy atom. The molecule has 0 spiro atoms. The number of aliphatic imine (C=N–C) groups is 1. The van der Waals surface area contributed by atoms with E-state index in [2.05, 4.69) is 4.99 Å². The van der Waals surface area contributed by atoms with Crippen LogP contribution in [-0.2, 0) is 6.54 Å². The number of para-hydroxylation sites is 3. The molecule has 0 aliphatic rings. The third-order valence-corrected chi connectivity index (χ3v) is 3.71. The van der Waals surface area contributed by atoms with E-state index in [9.17, 15) is 15.0 Å². The van der Waals surface area contributed by atoms with E-state index >= 15 is 0 Å². The summed E-state index contributed by atoms with van der Waals surface area (Å²) >= 11 is 0. The average molecular weight is 308 g/mol. The maximum absolute atomic E-state index is 12.6. The summed E-state index contributed by atoms with van der Waals surface area (Å²) in [5.41, 5.74) is 0.802. The van der Waals surface area contributed by atoms with Gasteiger partial charge in [0, 0.05) is 18.1 Å². The predicted molar refractivity (Wildman–Crippen MR) is 90.9 cm³/mol. The molecule has 5 heteroatoms. The van der Waals surface area contributed by atoms with Gasteiger partial charge in [-0.05, 0) is 31.2 Å². The van der Waals surface area contributed by atoms with Crippen LogP contribution in [0.2, 0.25) is 0 Å². The normalized spacial score (nSPS) is 11.3. The largest absolute Gasteiger partial charge is 0.506 e. The van der Waals surface area contributed by atoms with Gasteiger partial charge in [0.25, 0.3) is 5.56 Å². The topological polar surface area (TPSA) is 74.8 Å². The number of hydrogen-bond acceptors (Lipinski definition) is 4. The lowest BCUT2D eigenvalue weighted by Gasteiger charge is -2.11. The molecule has 1 heterocycles. The molecule has 0 aliphatic heterocycles. The molecule has 0 saturated carbocycles. The van der Waals surface area contributed by atoms with Crippen LogP contribution in [0.4, 0.5) is 5.69 Å². The van der Waals surface area contributed by atoms with Crippen molar-refractivity contribution in [3.63, 3.8) is 0 Å². The van der Waals surface area contributed by atoms with Gasteiger partial charge in [0.1, 0.15) is 22.7 Å². The van der Waals surface area contributed by atoms with Gasteiger partial charge in [-0.3, -0.25) is 9.79 Å². The second-order valence-corrected chi connectivity index (χ2v) is 5.08. The van der Waals surface area contributed by atoms with Gasteiger partial charge in [-0.2, -0.15) is 0 Å². The van der Waals surface area contributed by atoms with Crippen molar-refractivity contribution in [3.8, 4) is 11.5 Å². The summed E-state index contributed by atoms with van der Waals surface area (Å²) < 4.78 is 1.58. The lowest BCUT2D eigenvalue weighted by Crippen LogP contribution is -2.23. The molecule has 1 aromatic heterocycles. The molecule has 0 aliphatic carbocycles. The minimum atomic E-state index is -0.317. The summed E-state index contributed by atoms with van der Waals surface area (Å²) in [5.74, 6) is -0.0886. The monoisotopic (exact) mass is 308 g/mol. The van der Waals surface area contributed by atoms with Crippen molar-refractivity contribution >= 4 is 22.8 Å². The van der Waals surface area contributed by atoms with Gasteiger partial charge in [0.2, 0.25) is 0 Å². The van der Waals surface area contributed by atoms with Gasteiger partial charge in [0.05, 0.1) is 5.52 Å². The number of nitrogens with zero attached hydrogens (tertiary/aromatic N) is 2. The van der Waals surface area contributed by atoms with Crippen molar-refractivity contribution in [3.05, 3.63) is 64.4 Å².